The van der Waals surface area contributed by atoms with Crippen molar-refractivity contribution in [1.82, 2.24) is 15.6 Å². The summed E-state index contributed by atoms with van der Waals surface area (Å²) >= 11 is 1.64. The summed E-state index contributed by atoms with van der Waals surface area (Å²) < 4.78 is 0. The molecule has 0 aliphatic carbocycles. The van der Waals surface area contributed by atoms with E-state index in [1.54, 1.807) is 11.3 Å². The highest BCUT2D eigenvalue weighted by Gasteiger charge is 2.20. The molecule has 0 radical (unpaired) electrons. The molecule has 1 fully saturated rings. The summed E-state index contributed by atoms with van der Waals surface area (Å²) in [7, 11) is 0. The normalized spacial score (nSPS) is 22.2. The summed E-state index contributed by atoms with van der Waals surface area (Å²) in [5.74, 6) is 0.431. The maximum Gasteiger partial charge on any atom is 0.237 e. The topological polar surface area (TPSA) is 54.0 Å². The maximum atomic E-state index is 12.0. The number of carbonyl (C=O) groups excluding carboxylic acids is 1. The Morgan fingerprint density at radius 3 is 3.28 bits per heavy atom. The van der Waals surface area contributed by atoms with Gasteiger partial charge in [0.05, 0.1) is 11.0 Å². The minimum atomic E-state index is -0.00371. The van der Waals surface area contributed by atoms with Gasteiger partial charge < -0.3 is 10.6 Å². The van der Waals surface area contributed by atoms with Gasteiger partial charge in [0.25, 0.3) is 0 Å². The number of amides is 1. The van der Waals surface area contributed by atoms with Gasteiger partial charge in [-0.05, 0) is 19.4 Å². The number of carbonyl (C=O) groups is 1. The highest BCUT2D eigenvalue weighted by atomic mass is 32.1. The van der Waals surface area contributed by atoms with Crippen molar-refractivity contribution in [3.63, 3.8) is 0 Å². The lowest BCUT2D eigenvalue weighted by molar-refractivity contribution is -0.123. The lowest BCUT2D eigenvalue weighted by Crippen LogP contribution is -2.44. The molecule has 1 aliphatic rings. The van der Waals surface area contributed by atoms with Crippen molar-refractivity contribution in [2.75, 3.05) is 13.1 Å². The molecule has 0 aromatic carbocycles. The van der Waals surface area contributed by atoms with E-state index in [1.165, 1.54) is 12.8 Å². The van der Waals surface area contributed by atoms with Crippen molar-refractivity contribution in [1.29, 1.82) is 0 Å². The molecule has 18 heavy (non-hydrogen) atoms. The minimum absolute atomic E-state index is 0.00371. The highest BCUT2D eigenvalue weighted by molar-refractivity contribution is 7.09. The van der Waals surface area contributed by atoms with Crippen molar-refractivity contribution >= 4 is 17.2 Å². The van der Waals surface area contributed by atoms with Crippen LogP contribution < -0.4 is 10.6 Å². The Labute approximate surface area is 112 Å². The van der Waals surface area contributed by atoms with Gasteiger partial charge in [0.15, 0.2) is 0 Å². The van der Waals surface area contributed by atoms with E-state index in [0.717, 1.165) is 24.4 Å². The van der Waals surface area contributed by atoms with Crippen LogP contribution in [-0.4, -0.2) is 30.0 Å². The van der Waals surface area contributed by atoms with Gasteiger partial charge >= 0.3 is 0 Å². The van der Waals surface area contributed by atoms with Crippen molar-refractivity contribution in [3.8, 4) is 0 Å². The molecule has 0 saturated carbocycles. The van der Waals surface area contributed by atoms with Crippen LogP contribution in [0.1, 0.15) is 43.5 Å². The average molecular weight is 267 g/mol. The molecule has 1 saturated heterocycles. The van der Waals surface area contributed by atoms with E-state index in [4.69, 9.17) is 0 Å². The van der Waals surface area contributed by atoms with Gasteiger partial charge in [-0.1, -0.05) is 19.8 Å². The first-order chi connectivity index (χ1) is 8.77. The van der Waals surface area contributed by atoms with Crippen LogP contribution in [0.15, 0.2) is 11.6 Å². The van der Waals surface area contributed by atoms with Crippen molar-refractivity contribution < 1.29 is 4.79 Å². The molecule has 2 N–H and O–H groups in total. The predicted molar refractivity (Wildman–Crippen MR) is 73.8 cm³/mol. The number of rotatable bonds is 4. The molecule has 2 rings (SSSR count). The second-order valence-electron chi connectivity index (χ2n) is 4.87. The standard InChI is InChI=1S/C13H21N3OS/c1-10(13-15-7-8-18-13)9-16-12(17)11-5-3-2-4-6-14-11/h7-8,10-11,14H,2-6,9H2,1H3,(H,16,17). The number of hydrogen-bond donors (Lipinski definition) is 2. The van der Waals surface area contributed by atoms with Gasteiger partial charge in [0.1, 0.15) is 0 Å². The third-order valence-electron chi connectivity index (χ3n) is 3.33. The number of thiazole rings is 1. The highest BCUT2D eigenvalue weighted by Crippen LogP contribution is 2.16. The van der Waals surface area contributed by atoms with E-state index in [2.05, 4.69) is 22.5 Å². The van der Waals surface area contributed by atoms with Crippen LogP contribution in [0, 0.1) is 0 Å². The number of nitrogens with one attached hydrogen (secondary N) is 2. The molecule has 0 spiro atoms. The van der Waals surface area contributed by atoms with Gasteiger partial charge in [-0.2, -0.15) is 0 Å². The molecule has 2 atom stereocenters. The molecule has 5 heteroatoms. The molecule has 1 aromatic rings. The second-order valence-corrected chi connectivity index (χ2v) is 5.80. The van der Waals surface area contributed by atoms with Crippen molar-refractivity contribution in [2.45, 2.75) is 44.6 Å². The average Bonchev–Trinajstić information content (AvgIpc) is 2.78. The molecule has 100 valence electrons. The summed E-state index contributed by atoms with van der Waals surface area (Å²) in [6, 6.07) is -0.00371. The fraction of sp³-hybridized carbons (Fsp3) is 0.692. The third kappa shape index (κ3) is 3.78. The van der Waals surface area contributed by atoms with Gasteiger partial charge in [-0.3, -0.25) is 4.79 Å². The van der Waals surface area contributed by atoms with Gasteiger partial charge in [-0.15, -0.1) is 11.3 Å². The van der Waals surface area contributed by atoms with Crippen LogP contribution in [0.2, 0.25) is 0 Å². The first kappa shape index (κ1) is 13.5. The summed E-state index contributed by atoms with van der Waals surface area (Å²) in [4.78, 5) is 16.3. The molecule has 2 heterocycles. The molecule has 4 nitrogen and oxygen atoms in total. The quantitative estimate of drug-likeness (QED) is 0.876. The molecule has 0 bridgehead atoms. The van der Waals surface area contributed by atoms with Gasteiger partial charge in [-0.25, -0.2) is 4.98 Å². The summed E-state index contributed by atoms with van der Waals surface area (Å²) in [5.41, 5.74) is 0. The smallest absolute Gasteiger partial charge is 0.237 e. The van der Waals surface area contributed by atoms with Gasteiger partial charge in [0, 0.05) is 24.0 Å². The Kier molecular flexibility index (Phi) is 5.13. The number of hydrogen-bond acceptors (Lipinski definition) is 4. The zero-order chi connectivity index (χ0) is 12.8. The van der Waals surface area contributed by atoms with Crippen LogP contribution in [0.3, 0.4) is 0 Å². The van der Waals surface area contributed by atoms with Gasteiger partial charge in [0.2, 0.25) is 5.91 Å². The Balaban J connectivity index is 1.77. The van der Waals surface area contributed by atoms with Crippen LogP contribution in [0.4, 0.5) is 0 Å². The third-order valence-corrected chi connectivity index (χ3v) is 4.34. The Bertz CT molecular complexity index is 358. The summed E-state index contributed by atoms with van der Waals surface area (Å²) in [6.45, 7) is 3.73. The largest absolute Gasteiger partial charge is 0.354 e. The van der Waals surface area contributed by atoms with E-state index < -0.39 is 0 Å². The summed E-state index contributed by atoms with van der Waals surface area (Å²) in [5, 5.41) is 9.41. The van der Waals surface area contributed by atoms with E-state index in [-0.39, 0.29) is 11.9 Å². The molecular weight excluding hydrogens is 246 g/mol. The van der Waals surface area contributed by atoms with Crippen LogP contribution in [-0.2, 0) is 4.79 Å². The zero-order valence-corrected chi connectivity index (χ0v) is 11.6. The molecule has 1 amide bonds. The van der Waals surface area contributed by atoms with E-state index in [9.17, 15) is 4.79 Å². The Morgan fingerprint density at radius 2 is 2.50 bits per heavy atom. The first-order valence-corrected chi connectivity index (χ1v) is 7.56. The second kappa shape index (κ2) is 6.85. The van der Waals surface area contributed by atoms with E-state index in [1.807, 2.05) is 11.6 Å². The van der Waals surface area contributed by atoms with Crippen LogP contribution >= 0.6 is 11.3 Å². The Hall–Kier alpha value is -0.940. The van der Waals surface area contributed by atoms with Crippen molar-refractivity contribution in [2.24, 2.45) is 0 Å². The number of nitrogens with zero attached hydrogens (tertiary/aromatic N) is 1. The monoisotopic (exact) mass is 267 g/mol. The van der Waals surface area contributed by atoms with Crippen LogP contribution in [0.5, 0.6) is 0 Å². The summed E-state index contributed by atoms with van der Waals surface area (Å²) in [6.07, 6.45) is 6.32. The maximum absolute atomic E-state index is 12.0. The molecule has 1 aromatic heterocycles. The lowest BCUT2D eigenvalue weighted by atomic mass is 10.1. The van der Waals surface area contributed by atoms with Crippen LogP contribution in [0.25, 0.3) is 0 Å². The fourth-order valence-corrected chi connectivity index (χ4v) is 2.89. The van der Waals surface area contributed by atoms with Crippen molar-refractivity contribution in [3.05, 3.63) is 16.6 Å². The lowest BCUT2D eigenvalue weighted by Gasteiger charge is -2.17. The molecule has 1 aliphatic heterocycles. The predicted octanol–water partition coefficient (Wildman–Crippen LogP) is 1.90. The van der Waals surface area contributed by atoms with E-state index in [0.29, 0.717) is 12.5 Å². The fourth-order valence-electron chi connectivity index (χ4n) is 2.19. The van der Waals surface area contributed by atoms with E-state index >= 15 is 0 Å². The molecule has 2 unspecified atom stereocenters. The zero-order valence-electron chi connectivity index (χ0n) is 10.8. The Morgan fingerprint density at radius 1 is 1.61 bits per heavy atom. The first-order valence-electron chi connectivity index (χ1n) is 6.68. The minimum Gasteiger partial charge on any atom is -0.354 e. The number of aromatic nitrogens is 1. The molecular formula is C13H21N3OS. The SMILES string of the molecule is CC(CNC(=O)C1CCCCCN1)c1nccs1.